The number of ether oxygens (including phenoxy) is 1. The topological polar surface area (TPSA) is 87.7 Å². The summed E-state index contributed by atoms with van der Waals surface area (Å²) >= 11 is 11.6. The normalized spacial score (nSPS) is 10.2. The van der Waals surface area contributed by atoms with E-state index in [4.69, 9.17) is 33.0 Å². The van der Waals surface area contributed by atoms with Crippen molar-refractivity contribution in [2.45, 2.75) is 0 Å². The van der Waals surface area contributed by atoms with Crippen molar-refractivity contribution in [3.05, 3.63) is 28.2 Å². The van der Waals surface area contributed by atoms with Crippen LogP contribution in [-0.2, 0) is 14.3 Å². The third kappa shape index (κ3) is 5.75. The van der Waals surface area contributed by atoms with Gasteiger partial charge in [0.15, 0.2) is 0 Å². The molecular formula is C12H14Cl2N2O4. The molecule has 0 aliphatic rings. The number of amides is 2. The highest BCUT2D eigenvalue weighted by Crippen LogP contribution is 2.25. The van der Waals surface area contributed by atoms with Crippen molar-refractivity contribution in [3.8, 4) is 0 Å². The zero-order chi connectivity index (χ0) is 15.0. The highest BCUT2D eigenvalue weighted by atomic mass is 35.5. The summed E-state index contributed by atoms with van der Waals surface area (Å²) in [4.78, 5) is 23.0. The van der Waals surface area contributed by atoms with Crippen LogP contribution in [0.2, 0.25) is 10.0 Å². The molecule has 6 nitrogen and oxygen atoms in total. The summed E-state index contributed by atoms with van der Waals surface area (Å²) in [5.74, 6) is -1.64. The predicted molar refractivity (Wildman–Crippen MR) is 76.0 cm³/mol. The molecule has 0 atom stereocenters. The van der Waals surface area contributed by atoms with Crippen LogP contribution in [0.5, 0.6) is 0 Å². The first-order valence-electron chi connectivity index (χ1n) is 5.77. The minimum absolute atomic E-state index is 0.0938. The molecule has 0 saturated heterocycles. The summed E-state index contributed by atoms with van der Waals surface area (Å²) in [6.45, 7) is 0.466. The van der Waals surface area contributed by atoms with E-state index in [0.717, 1.165) is 0 Å². The minimum atomic E-state index is -0.837. The summed E-state index contributed by atoms with van der Waals surface area (Å²) in [5, 5.41) is 13.9. The number of hydrogen-bond acceptors (Lipinski definition) is 4. The van der Waals surface area contributed by atoms with Gasteiger partial charge in [0, 0.05) is 11.6 Å². The second-order valence-electron chi connectivity index (χ2n) is 3.67. The lowest BCUT2D eigenvalue weighted by molar-refractivity contribution is -0.136. The molecule has 0 radical (unpaired) electrons. The number of aliphatic hydroxyl groups is 1. The molecule has 3 N–H and O–H groups in total. The molecule has 0 aliphatic heterocycles. The maximum absolute atomic E-state index is 11.6. The second-order valence-corrected chi connectivity index (χ2v) is 4.51. The van der Waals surface area contributed by atoms with Gasteiger partial charge in [-0.1, -0.05) is 23.2 Å². The fourth-order valence-corrected chi connectivity index (χ4v) is 1.71. The Labute approximate surface area is 126 Å². The van der Waals surface area contributed by atoms with Crippen molar-refractivity contribution >= 4 is 40.7 Å². The van der Waals surface area contributed by atoms with Crippen molar-refractivity contribution in [2.24, 2.45) is 0 Å². The van der Waals surface area contributed by atoms with Crippen LogP contribution in [0.15, 0.2) is 18.2 Å². The molecule has 0 spiro atoms. The van der Waals surface area contributed by atoms with E-state index in [1.54, 1.807) is 6.07 Å². The number of benzene rings is 1. The van der Waals surface area contributed by atoms with Crippen molar-refractivity contribution in [1.29, 1.82) is 0 Å². The number of anilines is 1. The Balaban J connectivity index is 2.39. The van der Waals surface area contributed by atoms with Gasteiger partial charge in [0.1, 0.15) is 0 Å². The van der Waals surface area contributed by atoms with Gasteiger partial charge in [0.05, 0.1) is 30.5 Å². The molecule has 20 heavy (non-hydrogen) atoms. The highest BCUT2D eigenvalue weighted by Gasteiger charge is 2.14. The standard InChI is InChI=1S/C12H14Cl2N2O4/c13-8-1-2-10(9(14)7-8)16-12(19)11(18)15-3-5-20-6-4-17/h1-2,7,17H,3-6H2,(H,15,18)(H,16,19). The van der Waals surface area contributed by atoms with Crippen molar-refractivity contribution in [2.75, 3.05) is 31.7 Å². The average molecular weight is 321 g/mol. The first-order valence-corrected chi connectivity index (χ1v) is 6.53. The summed E-state index contributed by atoms with van der Waals surface area (Å²) in [6.07, 6.45) is 0. The maximum atomic E-state index is 11.6. The van der Waals surface area contributed by atoms with E-state index in [9.17, 15) is 9.59 Å². The lowest BCUT2D eigenvalue weighted by Gasteiger charge is -2.08. The molecule has 8 heteroatoms. The quantitative estimate of drug-likeness (QED) is 0.540. The van der Waals surface area contributed by atoms with Crippen molar-refractivity contribution < 1.29 is 19.4 Å². The number of hydrogen-bond donors (Lipinski definition) is 3. The van der Waals surface area contributed by atoms with Gasteiger partial charge in [-0.15, -0.1) is 0 Å². The van der Waals surface area contributed by atoms with Gasteiger partial charge in [-0.25, -0.2) is 0 Å². The Bertz CT molecular complexity index is 483. The smallest absolute Gasteiger partial charge is 0.313 e. The number of halogens is 2. The van der Waals surface area contributed by atoms with E-state index in [2.05, 4.69) is 10.6 Å². The van der Waals surface area contributed by atoms with Crippen LogP contribution in [0.3, 0.4) is 0 Å². The molecule has 1 aromatic carbocycles. The molecule has 0 unspecified atom stereocenters. The number of carbonyl (C=O) groups excluding carboxylic acids is 2. The zero-order valence-electron chi connectivity index (χ0n) is 10.5. The number of aliphatic hydroxyl groups excluding tert-OH is 1. The van der Waals surface area contributed by atoms with Crippen LogP contribution in [0.1, 0.15) is 0 Å². The predicted octanol–water partition coefficient (Wildman–Crippen LogP) is 1.06. The number of carbonyl (C=O) groups is 2. The van der Waals surface area contributed by atoms with Crippen LogP contribution in [0.25, 0.3) is 0 Å². The summed E-state index contributed by atoms with van der Waals surface area (Å²) in [7, 11) is 0. The minimum Gasteiger partial charge on any atom is -0.394 e. The Morgan fingerprint density at radius 2 is 1.95 bits per heavy atom. The van der Waals surface area contributed by atoms with Gasteiger partial charge in [0.2, 0.25) is 0 Å². The Morgan fingerprint density at radius 3 is 2.60 bits per heavy atom. The highest BCUT2D eigenvalue weighted by molar-refractivity contribution is 6.42. The first kappa shape index (κ1) is 16.7. The summed E-state index contributed by atoms with van der Waals surface area (Å²) < 4.78 is 4.93. The van der Waals surface area contributed by atoms with E-state index >= 15 is 0 Å². The SMILES string of the molecule is O=C(NCCOCCO)C(=O)Nc1ccc(Cl)cc1Cl. The van der Waals surface area contributed by atoms with Gasteiger partial charge in [0.25, 0.3) is 0 Å². The zero-order valence-corrected chi connectivity index (χ0v) is 12.0. The van der Waals surface area contributed by atoms with Gasteiger partial charge < -0.3 is 20.5 Å². The van der Waals surface area contributed by atoms with Crippen LogP contribution in [-0.4, -0.2) is 43.3 Å². The first-order chi connectivity index (χ1) is 9.54. The number of rotatable bonds is 6. The molecule has 110 valence electrons. The van der Waals surface area contributed by atoms with Gasteiger partial charge in [-0.2, -0.15) is 0 Å². The Kier molecular flexibility index (Phi) is 7.32. The largest absolute Gasteiger partial charge is 0.394 e. The fourth-order valence-electron chi connectivity index (χ4n) is 1.25. The van der Waals surface area contributed by atoms with Crippen LogP contribution >= 0.6 is 23.2 Å². The molecule has 0 bridgehead atoms. The maximum Gasteiger partial charge on any atom is 0.313 e. The molecule has 0 heterocycles. The van der Waals surface area contributed by atoms with E-state index in [0.29, 0.717) is 10.7 Å². The van der Waals surface area contributed by atoms with Crippen molar-refractivity contribution in [3.63, 3.8) is 0 Å². The van der Waals surface area contributed by atoms with Crippen LogP contribution in [0.4, 0.5) is 5.69 Å². The average Bonchev–Trinajstić information content (AvgIpc) is 2.41. The van der Waals surface area contributed by atoms with E-state index in [1.165, 1.54) is 12.1 Å². The summed E-state index contributed by atoms with van der Waals surface area (Å²) in [6, 6.07) is 4.50. The van der Waals surface area contributed by atoms with Crippen molar-refractivity contribution in [1.82, 2.24) is 5.32 Å². The lowest BCUT2D eigenvalue weighted by Crippen LogP contribution is -2.37. The molecule has 0 aromatic heterocycles. The molecule has 0 fully saturated rings. The van der Waals surface area contributed by atoms with Crippen LogP contribution < -0.4 is 10.6 Å². The lowest BCUT2D eigenvalue weighted by atomic mass is 10.3. The van der Waals surface area contributed by atoms with Gasteiger partial charge in [-0.3, -0.25) is 9.59 Å². The second kappa shape index (κ2) is 8.76. The molecule has 0 saturated carbocycles. The molecular weight excluding hydrogens is 307 g/mol. The van der Waals surface area contributed by atoms with Gasteiger partial charge >= 0.3 is 11.8 Å². The van der Waals surface area contributed by atoms with E-state index in [-0.39, 0.29) is 31.4 Å². The van der Waals surface area contributed by atoms with E-state index in [1.807, 2.05) is 0 Å². The Hall–Kier alpha value is -1.34. The monoisotopic (exact) mass is 320 g/mol. The van der Waals surface area contributed by atoms with E-state index < -0.39 is 11.8 Å². The molecule has 1 aromatic rings. The Morgan fingerprint density at radius 1 is 1.20 bits per heavy atom. The molecule has 1 rings (SSSR count). The summed E-state index contributed by atoms with van der Waals surface area (Å²) in [5.41, 5.74) is 0.299. The van der Waals surface area contributed by atoms with Gasteiger partial charge in [-0.05, 0) is 18.2 Å². The third-order valence-electron chi connectivity index (χ3n) is 2.15. The molecule has 0 aliphatic carbocycles. The molecule has 2 amide bonds. The fraction of sp³-hybridized carbons (Fsp3) is 0.333. The van der Waals surface area contributed by atoms with Crippen LogP contribution in [0, 0.1) is 0 Å². The number of nitrogens with one attached hydrogen (secondary N) is 2. The third-order valence-corrected chi connectivity index (χ3v) is 2.70.